The fourth-order valence-corrected chi connectivity index (χ4v) is 1.74. The van der Waals surface area contributed by atoms with Crippen molar-refractivity contribution in [3.05, 3.63) is 24.3 Å². The van der Waals surface area contributed by atoms with E-state index in [2.05, 4.69) is 6.92 Å². The second-order valence-corrected chi connectivity index (χ2v) is 4.17. The smallest absolute Gasteiger partial charge is 0.116 e. The maximum absolute atomic E-state index is 9.15. The zero-order chi connectivity index (χ0) is 8.97. The van der Waals surface area contributed by atoms with E-state index in [0.29, 0.717) is 17.5 Å². The fraction of sp³-hybridized carbons (Fsp3) is 0.333. The number of aromatic hydroxyl groups is 1. The maximum Gasteiger partial charge on any atom is 0.116 e. The molecule has 0 aromatic heterocycles. The Hall–Kier alpha value is -0.670. The van der Waals surface area contributed by atoms with E-state index >= 15 is 0 Å². The van der Waals surface area contributed by atoms with Crippen LogP contribution in [0, 0.1) is 0 Å². The van der Waals surface area contributed by atoms with Gasteiger partial charge in [0.1, 0.15) is 5.75 Å². The summed E-state index contributed by atoms with van der Waals surface area (Å²) in [4.78, 5) is 1.06. The van der Waals surface area contributed by atoms with Crippen molar-refractivity contribution in [2.75, 3.05) is 6.54 Å². The number of nitrogens with two attached hydrogens (primary N) is 1. The third-order valence-electron chi connectivity index (χ3n) is 1.49. The first-order valence-electron chi connectivity index (χ1n) is 3.88. The van der Waals surface area contributed by atoms with Gasteiger partial charge in [-0.1, -0.05) is 13.0 Å². The van der Waals surface area contributed by atoms with Crippen LogP contribution in [-0.2, 0) is 0 Å². The van der Waals surface area contributed by atoms with E-state index in [0.717, 1.165) is 4.90 Å². The predicted octanol–water partition coefficient (Wildman–Crippen LogP) is 1.83. The second-order valence-electron chi connectivity index (χ2n) is 2.66. The van der Waals surface area contributed by atoms with Gasteiger partial charge in [-0.05, 0) is 18.2 Å². The third-order valence-corrected chi connectivity index (χ3v) is 2.61. The van der Waals surface area contributed by atoms with Crippen LogP contribution in [0.15, 0.2) is 29.2 Å². The molecule has 1 rings (SSSR count). The van der Waals surface area contributed by atoms with E-state index in [1.165, 1.54) is 0 Å². The Morgan fingerprint density at radius 3 is 2.92 bits per heavy atom. The number of hydrogen-bond acceptors (Lipinski definition) is 3. The van der Waals surface area contributed by atoms with Crippen molar-refractivity contribution in [3.63, 3.8) is 0 Å². The van der Waals surface area contributed by atoms with Crippen LogP contribution < -0.4 is 5.73 Å². The number of hydrogen-bond donors (Lipinski definition) is 2. The molecule has 0 aliphatic heterocycles. The van der Waals surface area contributed by atoms with Crippen LogP contribution in [0.2, 0.25) is 0 Å². The van der Waals surface area contributed by atoms with Gasteiger partial charge in [0.05, 0.1) is 0 Å². The number of benzene rings is 1. The Kier molecular flexibility index (Phi) is 3.44. The van der Waals surface area contributed by atoms with E-state index in [4.69, 9.17) is 10.8 Å². The highest BCUT2D eigenvalue weighted by Gasteiger charge is 2.01. The Bertz CT molecular complexity index is 252. The monoisotopic (exact) mass is 183 g/mol. The summed E-state index contributed by atoms with van der Waals surface area (Å²) in [6.45, 7) is 2.72. The SMILES string of the molecule is CC(CN)Sc1cccc(O)c1. The van der Waals surface area contributed by atoms with Crippen LogP contribution in [0.3, 0.4) is 0 Å². The van der Waals surface area contributed by atoms with Gasteiger partial charge < -0.3 is 10.8 Å². The Morgan fingerprint density at radius 2 is 2.33 bits per heavy atom. The molecular weight excluding hydrogens is 170 g/mol. The molecule has 1 aromatic carbocycles. The fourth-order valence-electron chi connectivity index (χ4n) is 0.837. The molecule has 0 fully saturated rings. The van der Waals surface area contributed by atoms with Crippen molar-refractivity contribution in [2.24, 2.45) is 5.73 Å². The van der Waals surface area contributed by atoms with Gasteiger partial charge in [-0.3, -0.25) is 0 Å². The number of phenols is 1. The first kappa shape index (κ1) is 9.42. The molecule has 0 saturated heterocycles. The Balaban J connectivity index is 2.63. The number of thioether (sulfide) groups is 1. The lowest BCUT2D eigenvalue weighted by Crippen LogP contribution is -2.11. The van der Waals surface area contributed by atoms with E-state index in [1.54, 1.807) is 23.9 Å². The molecule has 0 bridgehead atoms. The van der Waals surface area contributed by atoms with Gasteiger partial charge in [0.25, 0.3) is 0 Å². The highest BCUT2D eigenvalue weighted by Crippen LogP contribution is 2.25. The highest BCUT2D eigenvalue weighted by atomic mass is 32.2. The van der Waals surface area contributed by atoms with Gasteiger partial charge in [0.2, 0.25) is 0 Å². The summed E-state index contributed by atoms with van der Waals surface area (Å²) in [6, 6.07) is 7.21. The molecule has 0 amide bonds. The van der Waals surface area contributed by atoms with Crippen molar-refractivity contribution < 1.29 is 5.11 Å². The largest absolute Gasteiger partial charge is 0.508 e. The highest BCUT2D eigenvalue weighted by molar-refractivity contribution is 8.00. The van der Waals surface area contributed by atoms with Crippen LogP contribution in [-0.4, -0.2) is 16.9 Å². The van der Waals surface area contributed by atoms with E-state index in [-0.39, 0.29) is 0 Å². The zero-order valence-corrected chi connectivity index (χ0v) is 7.84. The molecule has 0 radical (unpaired) electrons. The molecule has 0 aliphatic rings. The lowest BCUT2D eigenvalue weighted by Gasteiger charge is -2.07. The van der Waals surface area contributed by atoms with Gasteiger partial charge in [0.15, 0.2) is 0 Å². The Labute approximate surface area is 76.8 Å². The lowest BCUT2D eigenvalue weighted by molar-refractivity contribution is 0.474. The van der Waals surface area contributed by atoms with Crippen LogP contribution >= 0.6 is 11.8 Å². The minimum atomic E-state index is 0.309. The molecule has 0 heterocycles. The van der Waals surface area contributed by atoms with Crippen LogP contribution in [0.25, 0.3) is 0 Å². The summed E-state index contributed by atoms with van der Waals surface area (Å²) in [5.41, 5.74) is 5.47. The van der Waals surface area contributed by atoms with Gasteiger partial charge in [-0.2, -0.15) is 0 Å². The van der Waals surface area contributed by atoms with Crippen LogP contribution in [0.5, 0.6) is 5.75 Å². The number of rotatable bonds is 3. The first-order valence-corrected chi connectivity index (χ1v) is 4.76. The average Bonchev–Trinajstić information content (AvgIpc) is 2.04. The summed E-state index contributed by atoms with van der Waals surface area (Å²) in [5.74, 6) is 0.309. The van der Waals surface area contributed by atoms with Crippen molar-refractivity contribution in [2.45, 2.75) is 17.1 Å². The quantitative estimate of drug-likeness (QED) is 0.703. The van der Waals surface area contributed by atoms with Crippen molar-refractivity contribution in [1.82, 2.24) is 0 Å². The molecule has 0 saturated carbocycles. The van der Waals surface area contributed by atoms with Gasteiger partial charge in [-0.15, -0.1) is 11.8 Å². The lowest BCUT2D eigenvalue weighted by atomic mass is 10.3. The molecule has 12 heavy (non-hydrogen) atoms. The maximum atomic E-state index is 9.15. The Morgan fingerprint density at radius 1 is 1.58 bits per heavy atom. The molecule has 0 spiro atoms. The van der Waals surface area contributed by atoms with Gasteiger partial charge in [-0.25, -0.2) is 0 Å². The molecule has 0 aliphatic carbocycles. The molecule has 3 N–H and O–H groups in total. The molecule has 2 nitrogen and oxygen atoms in total. The molecule has 3 heteroatoms. The molecular formula is C9H13NOS. The van der Waals surface area contributed by atoms with Gasteiger partial charge >= 0.3 is 0 Å². The normalized spacial score (nSPS) is 12.8. The van der Waals surface area contributed by atoms with Crippen LogP contribution in [0.4, 0.5) is 0 Å². The number of phenolic OH excluding ortho intramolecular Hbond substituents is 1. The molecule has 66 valence electrons. The summed E-state index contributed by atoms with van der Waals surface area (Å²) >= 11 is 1.67. The predicted molar refractivity (Wildman–Crippen MR) is 52.5 cm³/mol. The summed E-state index contributed by atoms with van der Waals surface area (Å²) < 4.78 is 0. The average molecular weight is 183 g/mol. The minimum Gasteiger partial charge on any atom is -0.508 e. The van der Waals surface area contributed by atoms with E-state index in [1.807, 2.05) is 12.1 Å². The van der Waals surface area contributed by atoms with E-state index in [9.17, 15) is 0 Å². The summed E-state index contributed by atoms with van der Waals surface area (Å²) in [7, 11) is 0. The zero-order valence-electron chi connectivity index (χ0n) is 7.03. The summed E-state index contributed by atoms with van der Waals surface area (Å²) in [5, 5.41) is 9.55. The minimum absolute atomic E-state index is 0.309. The second kappa shape index (κ2) is 4.38. The van der Waals surface area contributed by atoms with Crippen molar-refractivity contribution in [1.29, 1.82) is 0 Å². The summed E-state index contributed by atoms with van der Waals surface area (Å²) in [6.07, 6.45) is 0. The molecule has 1 unspecified atom stereocenters. The standard InChI is InChI=1S/C9H13NOS/c1-7(6-10)12-9-4-2-3-8(11)5-9/h2-5,7,11H,6,10H2,1H3. The van der Waals surface area contributed by atoms with Crippen LogP contribution in [0.1, 0.15) is 6.92 Å². The third kappa shape index (κ3) is 2.75. The van der Waals surface area contributed by atoms with Crippen molar-refractivity contribution in [3.8, 4) is 5.75 Å². The first-order chi connectivity index (χ1) is 5.72. The van der Waals surface area contributed by atoms with Crippen molar-refractivity contribution >= 4 is 11.8 Å². The van der Waals surface area contributed by atoms with E-state index < -0.39 is 0 Å². The van der Waals surface area contributed by atoms with Gasteiger partial charge in [0, 0.05) is 16.7 Å². The molecule has 1 aromatic rings. The topological polar surface area (TPSA) is 46.2 Å². The molecule has 1 atom stereocenters.